The number of hydrogen-bond donors (Lipinski definition) is 0. The third-order valence-corrected chi connectivity index (χ3v) is 3.00. The van der Waals surface area contributed by atoms with Gasteiger partial charge in [-0.2, -0.15) is 10.5 Å². The minimum atomic E-state index is -0.936. The first-order chi connectivity index (χ1) is 12.6. The molecule has 6 heteroatoms. The normalized spacial score (nSPS) is 10.1. The molecule has 0 spiro atoms. The van der Waals surface area contributed by atoms with E-state index in [4.69, 9.17) is 20.0 Å². The maximum Gasteiger partial charge on any atom is 0.307 e. The monoisotopic (exact) mass is 370 g/mol. The summed E-state index contributed by atoms with van der Waals surface area (Å²) in [6.45, 7) is 6.69. The van der Waals surface area contributed by atoms with Crippen LogP contribution in [0, 0.1) is 46.3 Å². The van der Waals surface area contributed by atoms with Crippen LogP contribution in [0.25, 0.3) is 0 Å². The van der Waals surface area contributed by atoms with Crippen LogP contribution in [0.4, 0.5) is 0 Å². The summed E-state index contributed by atoms with van der Waals surface area (Å²) in [6, 6.07) is 3.98. The van der Waals surface area contributed by atoms with E-state index in [1.165, 1.54) is 0 Å². The van der Waals surface area contributed by atoms with Gasteiger partial charge in [0.25, 0.3) is 0 Å². The molecule has 0 bridgehead atoms. The third kappa shape index (κ3) is 13.9. The lowest BCUT2D eigenvalue weighted by molar-refractivity contribution is -0.153. The van der Waals surface area contributed by atoms with Gasteiger partial charge in [0.2, 0.25) is 0 Å². The highest BCUT2D eigenvalue weighted by molar-refractivity contribution is 5.73. The number of rotatable bonds is 8. The molecule has 0 aliphatic rings. The van der Waals surface area contributed by atoms with Gasteiger partial charge < -0.3 is 9.47 Å². The quantitative estimate of drug-likeness (QED) is 0.369. The molecule has 6 nitrogen and oxygen atoms in total. The standard InChI is InChI=1S/C21H26N2O4/c1-20(2,14-7-5-9-16-22)26-18(24)12-11-13-19(25)27-21(3,4)15-8-6-10-17-23/h5-6,9-13H2,1-4H3. The van der Waals surface area contributed by atoms with Gasteiger partial charge in [-0.25, -0.2) is 0 Å². The SMILES string of the molecule is CC(C)(C#CCCC#N)OC(=O)CCCC(=O)OC(C)(C)C#CCCC#N. The zero-order chi connectivity index (χ0) is 20.8. The van der Waals surface area contributed by atoms with E-state index in [9.17, 15) is 9.59 Å². The number of carbonyl (C=O) groups is 2. The molecular weight excluding hydrogens is 344 g/mol. The molecule has 0 aliphatic carbocycles. The number of unbranched alkanes of at least 4 members (excludes halogenated alkanes) is 2. The molecule has 0 heterocycles. The Morgan fingerprint density at radius 1 is 0.741 bits per heavy atom. The Balaban J connectivity index is 4.26. The predicted octanol–water partition coefficient (Wildman–Crippen LogP) is 3.41. The number of carbonyl (C=O) groups excluding carboxylic acids is 2. The molecule has 0 aromatic rings. The van der Waals surface area contributed by atoms with Crippen LogP contribution in [-0.2, 0) is 19.1 Å². The van der Waals surface area contributed by atoms with Crippen LogP contribution in [0.5, 0.6) is 0 Å². The van der Waals surface area contributed by atoms with Crippen molar-refractivity contribution in [2.75, 3.05) is 0 Å². The fourth-order valence-electron chi connectivity index (χ4n) is 1.89. The summed E-state index contributed by atoms with van der Waals surface area (Å²) in [7, 11) is 0. The minimum Gasteiger partial charge on any atom is -0.446 e. The number of nitrogens with zero attached hydrogens (tertiary/aromatic N) is 2. The highest BCUT2D eigenvalue weighted by atomic mass is 16.6. The first-order valence-corrected chi connectivity index (χ1v) is 8.79. The van der Waals surface area contributed by atoms with Crippen molar-refractivity contribution < 1.29 is 19.1 Å². The minimum absolute atomic E-state index is 0.0761. The Kier molecular flexibility index (Phi) is 11.0. The Labute approximate surface area is 161 Å². The molecule has 0 unspecified atom stereocenters. The third-order valence-electron chi connectivity index (χ3n) is 3.00. The van der Waals surface area contributed by atoms with E-state index >= 15 is 0 Å². The van der Waals surface area contributed by atoms with Crippen molar-refractivity contribution in [2.45, 2.75) is 83.8 Å². The van der Waals surface area contributed by atoms with E-state index in [1.54, 1.807) is 27.7 Å². The van der Waals surface area contributed by atoms with Crippen LogP contribution in [0.1, 0.15) is 72.6 Å². The summed E-state index contributed by atoms with van der Waals surface area (Å²) < 4.78 is 10.6. The molecule has 0 fully saturated rings. The highest BCUT2D eigenvalue weighted by Crippen LogP contribution is 2.13. The molecule has 144 valence electrons. The van der Waals surface area contributed by atoms with Crippen LogP contribution in [-0.4, -0.2) is 23.1 Å². The highest BCUT2D eigenvalue weighted by Gasteiger charge is 2.22. The maximum atomic E-state index is 11.9. The molecule has 0 saturated heterocycles. The number of esters is 2. The first kappa shape index (κ1) is 24.0. The van der Waals surface area contributed by atoms with Gasteiger partial charge in [-0.1, -0.05) is 23.7 Å². The lowest BCUT2D eigenvalue weighted by atomic mass is 10.1. The van der Waals surface area contributed by atoms with Crippen LogP contribution >= 0.6 is 0 Å². The van der Waals surface area contributed by atoms with Gasteiger partial charge >= 0.3 is 11.9 Å². The van der Waals surface area contributed by atoms with Crippen molar-refractivity contribution >= 4 is 11.9 Å². The number of nitriles is 2. The Morgan fingerprint density at radius 3 is 1.44 bits per heavy atom. The molecule has 27 heavy (non-hydrogen) atoms. The number of hydrogen-bond acceptors (Lipinski definition) is 6. The van der Waals surface area contributed by atoms with Crippen molar-refractivity contribution in [3.63, 3.8) is 0 Å². The van der Waals surface area contributed by atoms with Crippen molar-refractivity contribution in [2.24, 2.45) is 0 Å². The zero-order valence-electron chi connectivity index (χ0n) is 16.5. The van der Waals surface area contributed by atoms with E-state index in [2.05, 4.69) is 23.7 Å². The fourth-order valence-corrected chi connectivity index (χ4v) is 1.89. The van der Waals surface area contributed by atoms with Gasteiger partial charge in [0.1, 0.15) is 0 Å². The smallest absolute Gasteiger partial charge is 0.307 e. The average molecular weight is 370 g/mol. The molecule has 0 N–H and O–H groups in total. The average Bonchev–Trinajstić information content (AvgIpc) is 2.54. The maximum absolute atomic E-state index is 11.9. The van der Waals surface area contributed by atoms with Gasteiger partial charge in [-0.15, -0.1) is 0 Å². The van der Waals surface area contributed by atoms with Crippen molar-refractivity contribution in [3.05, 3.63) is 0 Å². The second-order valence-electron chi connectivity index (χ2n) is 6.74. The van der Waals surface area contributed by atoms with Crippen molar-refractivity contribution in [1.82, 2.24) is 0 Å². The number of ether oxygens (including phenoxy) is 2. The van der Waals surface area contributed by atoms with E-state index in [0.29, 0.717) is 32.1 Å². The summed E-state index contributed by atoms with van der Waals surface area (Å²) >= 11 is 0. The van der Waals surface area contributed by atoms with Gasteiger partial charge in [0.15, 0.2) is 11.2 Å². The first-order valence-electron chi connectivity index (χ1n) is 8.79. The van der Waals surface area contributed by atoms with E-state index in [0.717, 1.165) is 0 Å². The van der Waals surface area contributed by atoms with Gasteiger partial charge in [-0.05, 0) is 34.1 Å². The van der Waals surface area contributed by atoms with Crippen molar-refractivity contribution in [3.8, 4) is 35.8 Å². The molecule has 0 aromatic heterocycles. The van der Waals surface area contributed by atoms with Gasteiger partial charge in [-0.3, -0.25) is 9.59 Å². The molecular formula is C21H26N2O4. The van der Waals surface area contributed by atoms with Crippen LogP contribution < -0.4 is 0 Å². The van der Waals surface area contributed by atoms with E-state index < -0.39 is 23.1 Å². The van der Waals surface area contributed by atoms with Gasteiger partial charge in [0, 0.05) is 38.5 Å². The summed E-state index contributed by atoms with van der Waals surface area (Å²) in [6.07, 6.45) is 1.97. The Hall–Kier alpha value is -2.96. The zero-order valence-corrected chi connectivity index (χ0v) is 16.5. The topological polar surface area (TPSA) is 100 Å². The second-order valence-corrected chi connectivity index (χ2v) is 6.74. The Morgan fingerprint density at radius 2 is 1.11 bits per heavy atom. The van der Waals surface area contributed by atoms with E-state index in [-0.39, 0.29) is 12.8 Å². The molecule has 0 aromatic carbocycles. The van der Waals surface area contributed by atoms with Crippen molar-refractivity contribution in [1.29, 1.82) is 10.5 Å². The summed E-state index contributed by atoms with van der Waals surface area (Å²) in [5, 5.41) is 16.9. The fraction of sp³-hybridized carbons (Fsp3) is 0.619. The molecule has 0 saturated carbocycles. The lowest BCUT2D eigenvalue weighted by Gasteiger charge is -2.20. The molecule has 0 rings (SSSR count). The van der Waals surface area contributed by atoms with E-state index in [1.807, 2.05) is 12.1 Å². The summed E-state index contributed by atoms with van der Waals surface area (Å²) in [5.41, 5.74) is -1.87. The summed E-state index contributed by atoms with van der Waals surface area (Å²) in [4.78, 5) is 23.7. The van der Waals surface area contributed by atoms with Crippen LogP contribution in [0.3, 0.4) is 0 Å². The molecule has 0 radical (unpaired) electrons. The molecule has 0 aliphatic heterocycles. The molecule has 0 amide bonds. The lowest BCUT2D eigenvalue weighted by Crippen LogP contribution is -2.27. The van der Waals surface area contributed by atoms with Crippen LogP contribution in [0.15, 0.2) is 0 Å². The van der Waals surface area contributed by atoms with Crippen LogP contribution in [0.2, 0.25) is 0 Å². The summed E-state index contributed by atoms with van der Waals surface area (Å²) in [5.74, 6) is 10.3. The Bertz CT molecular complexity index is 654. The van der Waals surface area contributed by atoms with Gasteiger partial charge in [0.05, 0.1) is 12.1 Å². The largest absolute Gasteiger partial charge is 0.446 e. The predicted molar refractivity (Wildman–Crippen MR) is 99.4 cm³/mol. The molecule has 0 atom stereocenters. The second kappa shape index (κ2) is 12.4.